The summed E-state index contributed by atoms with van der Waals surface area (Å²) in [5.74, 6) is 0.694. The first kappa shape index (κ1) is 14.5. The van der Waals surface area contributed by atoms with E-state index in [1.54, 1.807) is 0 Å². The molecule has 0 spiro atoms. The van der Waals surface area contributed by atoms with Crippen molar-refractivity contribution in [3.63, 3.8) is 0 Å². The smallest absolute Gasteiger partial charge is 0.0967 e. The summed E-state index contributed by atoms with van der Waals surface area (Å²) in [4.78, 5) is 2.59. The summed E-state index contributed by atoms with van der Waals surface area (Å²) in [5, 5.41) is 8.39. The average molecular weight is 265 g/mol. The molecule has 0 amide bonds. The Bertz CT molecular complexity index is 368. The molecule has 5 heteroatoms. The third-order valence-electron chi connectivity index (χ3n) is 3.75. The summed E-state index contributed by atoms with van der Waals surface area (Å²) >= 11 is 0. The molecule has 2 N–H and O–H groups in total. The minimum atomic E-state index is 0.612. The summed E-state index contributed by atoms with van der Waals surface area (Å²) in [6, 6.07) is 0.738. The van der Waals surface area contributed by atoms with E-state index in [0.717, 1.165) is 31.4 Å². The van der Waals surface area contributed by atoms with Crippen LogP contribution in [-0.4, -0.2) is 39.0 Å². The lowest BCUT2D eigenvalue weighted by Crippen LogP contribution is -2.35. The van der Waals surface area contributed by atoms with Crippen LogP contribution in [0.15, 0.2) is 6.20 Å². The molecule has 0 radical (unpaired) electrons. The van der Waals surface area contributed by atoms with Crippen molar-refractivity contribution in [1.29, 1.82) is 0 Å². The lowest BCUT2D eigenvalue weighted by Gasteiger charge is -2.29. The van der Waals surface area contributed by atoms with E-state index < -0.39 is 0 Å². The molecule has 0 saturated heterocycles. The van der Waals surface area contributed by atoms with Gasteiger partial charge in [-0.15, -0.1) is 5.10 Å². The van der Waals surface area contributed by atoms with E-state index in [1.165, 1.54) is 25.7 Å². The van der Waals surface area contributed by atoms with E-state index in [1.807, 2.05) is 10.9 Å². The van der Waals surface area contributed by atoms with E-state index in [9.17, 15) is 0 Å². The molecule has 0 bridgehead atoms. The summed E-state index contributed by atoms with van der Waals surface area (Å²) in [5.41, 5.74) is 6.61. The standard InChI is InChI=1S/C14H27N5/c1-12(2)9-18(14-5-3-4-6-14)10-13-11-19(8-7-15)17-16-13/h11-12,14H,3-10,15H2,1-2H3. The van der Waals surface area contributed by atoms with Gasteiger partial charge in [-0.05, 0) is 18.8 Å². The molecule has 5 nitrogen and oxygen atoms in total. The molecule has 1 aromatic heterocycles. The zero-order valence-electron chi connectivity index (χ0n) is 12.3. The minimum Gasteiger partial charge on any atom is -0.329 e. The highest BCUT2D eigenvalue weighted by Crippen LogP contribution is 2.25. The van der Waals surface area contributed by atoms with Crippen molar-refractivity contribution >= 4 is 0 Å². The van der Waals surface area contributed by atoms with Crippen LogP contribution in [0.1, 0.15) is 45.2 Å². The summed E-state index contributed by atoms with van der Waals surface area (Å²) in [6.07, 6.45) is 7.46. The highest BCUT2D eigenvalue weighted by molar-refractivity contribution is 4.94. The van der Waals surface area contributed by atoms with Crippen LogP contribution in [0.4, 0.5) is 0 Å². The molecular weight excluding hydrogens is 238 g/mol. The van der Waals surface area contributed by atoms with Gasteiger partial charge in [0.25, 0.3) is 0 Å². The topological polar surface area (TPSA) is 60.0 Å². The van der Waals surface area contributed by atoms with Gasteiger partial charge in [0, 0.05) is 31.9 Å². The number of rotatable bonds is 7. The van der Waals surface area contributed by atoms with Crippen molar-refractivity contribution in [3.05, 3.63) is 11.9 Å². The van der Waals surface area contributed by atoms with Gasteiger partial charge < -0.3 is 5.73 Å². The number of hydrogen-bond donors (Lipinski definition) is 1. The molecule has 108 valence electrons. The normalized spacial score (nSPS) is 16.9. The van der Waals surface area contributed by atoms with Crippen LogP contribution in [0.5, 0.6) is 0 Å². The van der Waals surface area contributed by atoms with E-state index in [4.69, 9.17) is 5.73 Å². The molecule has 1 aliphatic carbocycles. The van der Waals surface area contributed by atoms with Crippen molar-refractivity contribution in [1.82, 2.24) is 19.9 Å². The predicted octanol–water partition coefficient (Wildman–Crippen LogP) is 1.64. The quantitative estimate of drug-likeness (QED) is 0.814. The summed E-state index contributed by atoms with van der Waals surface area (Å²) < 4.78 is 1.84. The first-order valence-electron chi connectivity index (χ1n) is 7.52. The SMILES string of the molecule is CC(C)CN(Cc1cn(CCN)nn1)C1CCCC1. The van der Waals surface area contributed by atoms with Crippen molar-refractivity contribution in [2.45, 2.75) is 58.7 Å². The number of nitrogens with zero attached hydrogens (tertiary/aromatic N) is 4. The lowest BCUT2D eigenvalue weighted by molar-refractivity contribution is 0.166. The zero-order chi connectivity index (χ0) is 13.7. The molecule has 0 unspecified atom stereocenters. The predicted molar refractivity (Wildman–Crippen MR) is 76.6 cm³/mol. The highest BCUT2D eigenvalue weighted by atomic mass is 15.4. The Morgan fingerprint density at radius 1 is 1.42 bits per heavy atom. The molecule has 0 aromatic carbocycles. The van der Waals surface area contributed by atoms with Gasteiger partial charge >= 0.3 is 0 Å². The van der Waals surface area contributed by atoms with E-state index >= 15 is 0 Å². The van der Waals surface area contributed by atoms with E-state index in [-0.39, 0.29) is 0 Å². The molecule has 2 rings (SSSR count). The monoisotopic (exact) mass is 265 g/mol. The Hall–Kier alpha value is -0.940. The van der Waals surface area contributed by atoms with Gasteiger partial charge in [0.2, 0.25) is 0 Å². The van der Waals surface area contributed by atoms with Crippen LogP contribution >= 0.6 is 0 Å². The first-order chi connectivity index (χ1) is 9.19. The summed E-state index contributed by atoms with van der Waals surface area (Å²) in [6.45, 7) is 8.00. The second-order valence-electron chi connectivity index (χ2n) is 6.02. The van der Waals surface area contributed by atoms with Crippen molar-refractivity contribution in [3.8, 4) is 0 Å². The average Bonchev–Trinajstić information content (AvgIpc) is 2.99. The van der Waals surface area contributed by atoms with Crippen LogP contribution in [-0.2, 0) is 13.1 Å². The van der Waals surface area contributed by atoms with Crippen molar-refractivity contribution < 1.29 is 0 Å². The lowest BCUT2D eigenvalue weighted by atomic mass is 10.1. The van der Waals surface area contributed by atoms with Gasteiger partial charge in [-0.1, -0.05) is 31.9 Å². The van der Waals surface area contributed by atoms with Gasteiger partial charge in [-0.2, -0.15) is 0 Å². The molecule has 19 heavy (non-hydrogen) atoms. The molecule has 1 fully saturated rings. The Kier molecular flexibility index (Phi) is 5.34. The minimum absolute atomic E-state index is 0.612. The van der Waals surface area contributed by atoms with Crippen LogP contribution in [0.25, 0.3) is 0 Å². The third kappa shape index (κ3) is 4.28. The Labute approximate surface area is 116 Å². The zero-order valence-corrected chi connectivity index (χ0v) is 12.3. The Morgan fingerprint density at radius 3 is 2.79 bits per heavy atom. The fourth-order valence-electron chi connectivity index (χ4n) is 2.94. The largest absolute Gasteiger partial charge is 0.329 e. The first-order valence-corrected chi connectivity index (χ1v) is 7.52. The molecule has 0 aliphatic heterocycles. The number of hydrogen-bond acceptors (Lipinski definition) is 4. The van der Waals surface area contributed by atoms with Gasteiger partial charge in [-0.25, -0.2) is 0 Å². The molecule has 1 aromatic rings. The number of nitrogens with two attached hydrogens (primary N) is 1. The van der Waals surface area contributed by atoms with Crippen LogP contribution in [0, 0.1) is 5.92 Å². The second-order valence-corrected chi connectivity index (χ2v) is 6.02. The van der Waals surface area contributed by atoms with Gasteiger partial charge in [-0.3, -0.25) is 9.58 Å². The Balaban J connectivity index is 1.97. The van der Waals surface area contributed by atoms with E-state index in [2.05, 4.69) is 29.1 Å². The fraction of sp³-hybridized carbons (Fsp3) is 0.857. The maximum Gasteiger partial charge on any atom is 0.0967 e. The van der Waals surface area contributed by atoms with Gasteiger partial charge in [0.1, 0.15) is 0 Å². The second kappa shape index (κ2) is 7.01. The molecular formula is C14H27N5. The fourth-order valence-corrected chi connectivity index (χ4v) is 2.94. The van der Waals surface area contributed by atoms with E-state index in [0.29, 0.717) is 12.5 Å². The van der Waals surface area contributed by atoms with Crippen molar-refractivity contribution in [2.24, 2.45) is 11.7 Å². The number of aromatic nitrogens is 3. The molecule has 1 heterocycles. The molecule has 1 saturated carbocycles. The van der Waals surface area contributed by atoms with Gasteiger partial charge in [0.15, 0.2) is 0 Å². The van der Waals surface area contributed by atoms with Gasteiger partial charge in [0.05, 0.1) is 12.2 Å². The maximum absolute atomic E-state index is 5.54. The third-order valence-corrected chi connectivity index (χ3v) is 3.75. The Morgan fingerprint density at radius 2 is 2.16 bits per heavy atom. The maximum atomic E-state index is 5.54. The van der Waals surface area contributed by atoms with Crippen LogP contribution in [0.2, 0.25) is 0 Å². The van der Waals surface area contributed by atoms with Crippen LogP contribution < -0.4 is 5.73 Å². The summed E-state index contributed by atoms with van der Waals surface area (Å²) in [7, 11) is 0. The molecule has 1 aliphatic rings. The van der Waals surface area contributed by atoms with Crippen molar-refractivity contribution in [2.75, 3.05) is 13.1 Å². The highest BCUT2D eigenvalue weighted by Gasteiger charge is 2.23. The molecule has 0 atom stereocenters. The van der Waals surface area contributed by atoms with Crippen LogP contribution in [0.3, 0.4) is 0 Å².